The number of benzene rings is 3. The van der Waals surface area contributed by atoms with Crippen LogP contribution in [0, 0.1) is 0 Å². The molecule has 8 heteroatoms. The fraction of sp³-hybridized carbons (Fsp3) is 0.194. The SMILES string of the molecule is NC1CCN(c2cccc(NC(=O)c3ccn4ncc(-c5ccc(NCc6ccccc6)cc5)c4n3)c2)CC1. The van der Waals surface area contributed by atoms with Crippen molar-refractivity contribution in [3.63, 3.8) is 0 Å². The van der Waals surface area contributed by atoms with E-state index in [1.54, 1.807) is 23.0 Å². The number of fused-ring (bicyclic) bond motifs is 1. The van der Waals surface area contributed by atoms with Crippen molar-refractivity contribution in [2.75, 3.05) is 28.6 Å². The van der Waals surface area contributed by atoms with Gasteiger partial charge in [-0.1, -0.05) is 48.5 Å². The Balaban J connectivity index is 1.17. The topological polar surface area (TPSA) is 101 Å². The lowest BCUT2D eigenvalue weighted by molar-refractivity contribution is 0.102. The Hall–Kier alpha value is -4.69. The summed E-state index contributed by atoms with van der Waals surface area (Å²) in [6, 6.07) is 28.3. The number of aromatic nitrogens is 3. The van der Waals surface area contributed by atoms with E-state index in [-0.39, 0.29) is 11.9 Å². The smallest absolute Gasteiger partial charge is 0.274 e. The fourth-order valence-corrected chi connectivity index (χ4v) is 4.90. The van der Waals surface area contributed by atoms with Crippen molar-refractivity contribution in [2.24, 2.45) is 5.73 Å². The van der Waals surface area contributed by atoms with Crippen LogP contribution in [0.1, 0.15) is 28.9 Å². The highest BCUT2D eigenvalue weighted by molar-refractivity contribution is 6.03. The second kappa shape index (κ2) is 11.0. The van der Waals surface area contributed by atoms with Crippen LogP contribution in [0.25, 0.3) is 16.8 Å². The third-order valence-corrected chi connectivity index (χ3v) is 7.15. The van der Waals surface area contributed by atoms with Gasteiger partial charge in [0.25, 0.3) is 5.91 Å². The molecule has 5 aromatic rings. The van der Waals surface area contributed by atoms with Crippen LogP contribution in [0.2, 0.25) is 0 Å². The van der Waals surface area contributed by atoms with Gasteiger partial charge >= 0.3 is 0 Å². The first-order valence-corrected chi connectivity index (χ1v) is 13.3. The van der Waals surface area contributed by atoms with Crippen molar-refractivity contribution in [3.8, 4) is 11.1 Å². The van der Waals surface area contributed by atoms with Crippen molar-refractivity contribution >= 4 is 28.6 Å². The summed E-state index contributed by atoms with van der Waals surface area (Å²) < 4.78 is 1.69. The highest BCUT2D eigenvalue weighted by Gasteiger charge is 2.17. The van der Waals surface area contributed by atoms with Crippen LogP contribution in [0.4, 0.5) is 17.1 Å². The van der Waals surface area contributed by atoms with Crippen LogP contribution in [-0.2, 0) is 6.54 Å². The highest BCUT2D eigenvalue weighted by Crippen LogP contribution is 2.26. The summed E-state index contributed by atoms with van der Waals surface area (Å²) in [7, 11) is 0. The highest BCUT2D eigenvalue weighted by atomic mass is 16.1. The molecule has 3 aromatic carbocycles. The molecule has 196 valence electrons. The number of piperidine rings is 1. The molecule has 3 heterocycles. The van der Waals surface area contributed by atoms with Gasteiger partial charge in [0.1, 0.15) is 5.69 Å². The molecule has 1 aliphatic heterocycles. The third kappa shape index (κ3) is 5.61. The van der Waals surface area contributed by atoms with Crippen LogP contribution < -0.4 is 21.3 Å². The minimum absolute atomic E-state index is 0.261. The number of amides is 1. The van der Waals surface area contributed by atoms with Gasteiger partial charge in [0.2, 0.25) is 0 Å². The van der Waals surface area contributed by atoms with Gasteiger partial charge in [-0.05, 0) is 60.4 Å². The van der Waals surface area contributed by atoms with Crippen LogP contribution in [-0.4, -0.2) is 39.6 Å². The Labute approximate surface area is 227 Å². The lowest BCUT2D eigenvalue weighted by Crippen LogP contribution is -2.39. The van der Waals surface area contributed by atoms with Crippen molar-refractivity contribution < 1.29 is 4.79 Å². The Kier molecular flexibility index (Phi) is 6.93. The largest absolute Gasteiger partial charge is 0.381 e. The van der Waals surface area contributed by atoms with E-state index in [0.717, 1.165) is 60.7 Å². The van der Waals surface area contributed by atoms with E-state index in [4.69, 9.17) is 5.73 Å². The van der Waals surface area contributed by atoms with Gasteiger partial charge < -0.3 is 21.3 Å². The van der Waals surface area contributed by atoms with Crippen molar-refractivity contribution in [1.82, 2.24) is 14.6 Å². The molecular formula is C31H31N7O. The summed E-state index contributed by atoms with van der Waals surface area (Å²) >= 11 is 0. The summed E-state index contributed by atoms with van der Waals surface area (Å²) in [5, 5.41) is 10.9. The minimum atomic E-state index is -0.261. The second-order valence-electron chi connectivity index (χ2n) is 9.88. The van der Waals surface area contributed by atoms with E-state index in [9.17, 15) is 4.79 Å². The quantitative estimate of drug-likeness (QED) is 0.275. The molecular weight excluding hydrogens is 486 g/mol. The first kappa shape index (κ1) is 24.6. The molecule has 0 saturated carbocycles. The first-order chi connectivity index (χ1) is 19.1. The maximum Gasteiger partial charge on any atom is 0.274 e. The number of nitrogens with two attached hydrogens (primary N) is 1. The molecule has 1 fully saturated rings. The van der Waals surface area contributed by atoms with Crippen LogP contribution in [0.5, 0.6) is 0 Å². The van der Waals surface area contributed by atoms with Gasteiger partial charge in [0.05, 0.1) is 6.20 Å². The lowest BCUT2D eigenvalue weighted by atomic mass is 10.1. The molecule has 0 unspecified atom stereocenters. The Morgan fingerprint density at radius 1 is 0.923 bits per heavy atom. The van der Waals surface area contributed by atoms with Crippen molar-refractivity contribution in [3.05, 3.63) is 109 Å². The molecule has 0 bridgehead atoms. The Bertz CT molecular complexity index is 1570. The normalized spacial score (nSPS) is 13.9. The molecule has 1 amide bonds. The van der Waals surface area contributed by atoms with Gasteiger partial charge in [0.15, 0.2) is 5.65 Å². The zero-order valence-corrected chi connectivity index (χ0v) is 21.6. The van der Waals surface area contributed by atoms with Crippen molar-refractivity contribution in [1.29, 1.82) is 0 Å². The van der Waals surface area contributed by atoms with Crippen LogP contribution in [0.15, 0.2) is 97.3 Å². The molecule has 4 N–H and O–H groups in total. The molecule has 1 aliphatic rings. The summed E-state index contributed by atoms with van der Waals surface area (Å²) in [6.45, 7) is 2.60. The number of carbonyl (C=O) groups excluding carboxylic acids is 1. The van der Waals surface area contributed by atoms with Gasteiger partial charge in [-0.3, -0.25) is 4.79 Å². The third-order valence-electron chi connectivity index (χ3n) is 7.15. The van der Waals surface area contributed by atoms with E-state index in [1.807, 2.05) is 60.7 Å². The van der Waals surface area contributed by atoms with Crippen molar-refractivity contribution in [2.45, 2.75) is 25.4 Å². The number of nitrogens with one attached hydrogen (secondary N) is 2. The summed E-state index contributed by atoms with van der Waals surface area (Å²) in [5.74, 6) is -0.261. The average Bonchev–Trinajstić information content (AvgIpc) is 3.41. The first-order valence-electron chi connectivity index (χ1n) is 13.3. The van der Waals surface area contributed by atoms with E-state index in [0.29, 0.717) is 11.3 Å². The van der Waals surface area contributed by atoms with Gasteiger partial charge in [-0.15, -0.1) is 0 Å². The molecule has 0 aliphatic carbocycles. The number of hydrogen-bond acceptors (Lipinski definition) is 6. The molecule has 2 aromatic heterocycles. The standard InChI is InChI=1S/C31H31N7O/c32-24-13-16-37(17-14-24)27-8-4-7-26(19-27)35-31(39)29-15-18-38-30(36-29)28(21-34-38)23-9-11-25(12-10-23)33-20-22-5-2-1-3-6-22/h1-12,15,18-19,21,24,33H,13-14,16-17,20,32H2,(H,35,39). The van der Waals surface area contributed by atoms with E-state index < -0.39 is 0 Å². The monoisotopic (exact) mass is 517 g/mol. The number of hydrogen-bond donors (Lipinski definition) is 3. The maximum absolute atomic E-state index is 13.1. The second-order valence-corrected chi connectivity index (χ2v) is 9.88. The summed E-state index contributed by atoms with van der Waals surface area (Å²) in [4.78, 5) is 20.1. The van der Waals surface area contributed by atoms with E-state index >= 15 is 0 Å². The van der Waals surface area contributed by atoms with Crippen LogP contribution >= 0.6 is 0 Å². The molecule has 1 saturated heterocycles. The molecule has 39 heavy (non-hydrogen) atoms. The molecule has 8 nitrogen and oxygen atoms in total. The van der Waals surface area contributed by atoms with Gasteiger partial charge in [-0.25, -0.2) is 9.50 Å². The number of rotatable bonds is 7. The minimum Gasteiger partial charge on any atom is -0.381 e. The molecule has 0 spiro atoms. The predicted octanol–water partition coefficient (Wildman–Crippen LogP) is 5.19. The average molecular weight is 518 g/mol. The lowest BCUT2D eigenvalue weighted by Gasteiger charge is -2.32. The van der Waals surface area contributed by atoms with Crippen LogP contribution in [0.3, 0.4) is 0 Å². The maximum atomic E-state index is 13.1. The Morgan fingerprint density at radius 3 is 2.51 bits per heavy atom. The number of anilines is 3. The molecule has 0 radical (unpaired) electrons. The Morgan fingerprint density at radius 2 is 1.72 bits per heavy atom. The molecule has 0 atom stereocenters. The predicted molar refractivity (Wildman–Crippen MR) is 156 cm³/mol. The summed E-state index contributed by atoms with van der Waals surface area (Å²) in [6.07, 6.45) is 5.50. The number of carbonyl (C=O) groups is 1. The fourth-order valence-electron chi connectivity index (χ4n) is 4.90. The van der Waals surface area contributed by atoms with Gasteiger partial charge in [0, 0.05) is 54.5 Å². The van der Waals surface area contributed by atoms with Gasteiger partial charge in [-0.2, -0.15) is 5.10 Å². The van der Waals surface area contributed by atoms with E-state index in [2.05, 4.69) is 43.8 Å². The molecule has 6 rings (SSSR count). The number of nitrogens with zero attached hydrogens (tertiary/aromatic N) is 4. The zero-order valence-electron chi connectivity index (χ0n) is 21.6. The zero-order chi connectivity index (χ0) is 26.6. The van der Waals surface area contributed by atoms with E-state index in [1.165, 1.54) is 5.56 Å². The summed E-state index contributed by atoms with van der Waals surface area (Å²) in [5.41, 5.74) is 12.9.